The van der Waals surface area contributed by atoms with Gasteiger partial charge in [0, 0.05) is 25.6 Å². The van der Waals surface area contributed by atoms with Gasteiger partial charge in [0.1, 0.15) is 0 Å². The van der Waals surface area contributed by atoms with Gasteiger partial charge in [-0.2, -0.15) is 0 Å². The summed E-state index contributed by atoms with van der Waals surface area (Å²) < 4.78 is 0. The third-order valence-electron chi connectivity index (χ3n) is 3.97. The van der Waals surface area contributed by atoms with Crippen LogP contribution in [0.4, 0.5) is 0 Å². The van der Waals surface area contributed by atoms with Crippen LogP contribution in [-0.2, 0) is 4.79 Å². The highest BCUT2D eigenvalue weighted by atomic mass is 35.5. The minimum Gasteiger partial charge on any atom is -0.343 e. The summed E-state index contributed by atoms with van der Waals surface area (Å²) in [6, 6.07) is 8.54. The van der Waals surface area contributed by atoms with Crippen molar-refractivity contribution in [1.82, 2.24) is 4.90 Å². The van der Waals surface area contributed by atoms with E-state index in [1.54, 1.807) is 0 Å². The molecule has 20 heavy (non-hydrogen) atoms. The fourth-order valence-corrected chi connectivity index (χ4v) is 2.89. The van der Waals surface area contributed by atoms with Crippen molar-refractivity contribution < 1.29 is 4.79 Å². The summed E-state index contributed by atoms with van der Waals surface area (Å²) in [6.45, 7) is 5.79. The number of carbonyl (C=O) groups excluding carboxylic acids is 1. The van der Waals surface area contributed by atoms with Crippen LogP contribution in [0.15, 0.2) is 24.3 Å². The lowest BCUT2D eigenvalue weighted by Gasteiger charge is -2.33. The highest BCUT2D eigenvalue weighted by Gasteiger charge is 2.24. The van der Waals surface area contributed by atoms with E-state index in [9.17, 15) is 4.79 Å². The smallest absolute Gasteiger partial charge is 0.224 e. The van der Waals surface area contributed by atoms with Crippen LogP contribution in [0.3, 0.4) is 0 Å². The Morgan fingerprint density at radius 1 is 1.35 bits per heavy atom. The Labute approximate surface area is 127 Å². The number of carbonyl (C=O) groups is 1. The Bertz CT molecular complexity index is 440. The molecular weight excluding hydrogens is 272 g/mol. The number of likely N-dealkylation sites (tertiary alicyclic amines) is 1. The first-order chi connectivity index (χ1) is 9.08. The minimum absolute atomic E-state index is 0. The third-order valence-corrected chi connectivity index (χ3v) is 3.97. The predicted molar refractivity (Wildman–Crippen MR) is 85.2 cm³/mol. The first-order valence-corrected chi connectivity index (χ1v) is 7.17. The van der Waals surface area contributed by atoms with Crippen LogP contribution in [0.1, 0.15) is 43.2 Å². The molecule has 0 aliphatic carbocycles. The highest BCUT2D eigenvalue weighted by Crippen LogP contribution is 2.30. The van der Waals surface area contributed by atoms with Gasteiger partial charge in [-0.05, 0) is 43.7 Å². The molecule has 1 aliphatic rings. The SMILES string of the molecule is Cc1ccccc1C1CCN(C(=O)CC(C)N)CC1.Cl. The minimum atomic E-state index is -0.0402. The molecule has 1 aromatic rings. The molecule has 1 saturated heterocycles. The number of nitrogens with two attached hydrogens (primary N) is 1. The summed E-state index contributed by atoms with van der Waals surface area (Å²) in [7, 11) is 0. The molecule has 112 valence electrons. The molecule has 0 aromatic heterocycles. The van der Waals surface area contributed by atoms with Crippen LogP contribution in [-0.4, -0.2) is 29.9 Å². The lowest BCUT2D eigenvalue weighted by Crippen LogP contribution is -2.40. The number of piperidine rings is 1. The first-order valence-electron chi connectivity index (χ1n) is 7.17. The average Bonchev–Trinajstić information content (AvgIpc) is 2.39. The summed E-state index contributed by atoms with van der Waals surface area (Å²) in [4.78, 5) is 13.9. The van der Waals surface area contributed by atoms with E-state index < -0.39 is 0 Å². The van der Waals surface area contributed by atoms with Gasteiger partial charge in [0.05, 0.1) is 0 Å². The van der Waals surface area contributed by atoms with E-state index in [0.717, 1.165) is 25.9 Å². The van der Waals surface area contributed by atoms with E-state index in [1.165, 1.54) is 11.1 Å². The fraction of sp³-hybridized carbons (Fsp3) is 0.562. The predicted octanol–water partition coefficient (Wildman–Crippen LogP) is 2.86. The Hall–Kier alpha value is -1.06. The maximum absolute atomic E-state index is 12.0. The maximum Gasteiger partial charge on any atom is 0.224 e. The number of hydrogen-bond donors (Lipinski definition) is 1. The van der Waals surface area contributed by atoms with Crippen LogP contribution in [0, 0.1) is 6.92 Å². The quantitative estimate of drug-likeness (QED) is 0.932. The van der Waals surface area contributed by atoms with E-state index in [0.29, 0.717) is 12.3 Å². The van der Waals surface area contributed by atoms with Gasteiger partial charge in [-0.1, -0.05) is 24.3 Å². The van der Waals surface area contributed by atoms with Crippen molar-refractivity contribution in [2.75, 3.05) is 13.1 Å². The largest absolute Gasteiger partial charge is 0.343 e. The zero-order valence-electron chi connectivity index (χ0n) is 12.3. The lowest BCUT2D eigenvalue weighted by atomic mass is 9.87. The Morgan fingerprint density at radius 3 is 2.50 bits per heavy atom. The van der Waals surface area contributed by atoms with Crippen LogP contribution in [0.2, 0.25) is 0 Å². The fourth-order valence-electron chi connectivity index (χ4n) is 2.89. The summed E-state index contributed by atoms with van der Waals surface area (Å²) in [5.74, 6) is 0.804. The van der Waals surface area contributed by atoms with Gasteiger partial charge in [-0.25, -0.2) is 0 Å². The number of aryl methyl sites for hydroxylation is 1. The van der Waals surface area contributed by atoms with Crippen molar-refractivity contribution in [3.63, 3.8) is 0 Å². The number of benzene rings is 1. The van der Waals surface area contributed by atoms with Crippen molar-refractivity contribution in [3.8, 4) is 0 Å². The van der Waals surface area contributed by atoms with Gasteiger partial charge >= 0.3 is 0 Å². The van der Waals surface area contributed by atoms with Gasteiger partial charge in [0.2, 0.25) is 5.91 Å². The molecule has 2 N–H and O–H groups in total. The summed E-state index contributed by atoms with van der Waals surface area (Å²) in [5.41, 5.74) is 8.50. The molecule has 3 nitrogen and oxygen atoms in total. The molecule has 1 aliphatic heterocycles. The van der Waals surface area contributed by atoms with Gasteiger partial charge in [-0.3, -0.25) is 4.79 Å². The second-order valence-corrected chi connectivity index (χ2v) is 5.69. The van der Waals surface area contributed by atoms with E-state index in [-0.39, 0.29) is 24.4 Å². The molecule has 1 heterocycles. The highest BCUT2D eigenvalue weighted by molar-refractivity contribution is 5.85. The molecule has 1 aromatic carbocycles. The van der Waals surface area contributed by atoms with Gasteiger partial charge in [-0.15, -0.1) is 12.4 Å². The molecule has 0 spiro atoms. The Kier molecular flexibility index (Phi) is 6.50. The zero-order chi connectivity index (χ0) is 13.8. The zero-order valence-corrected chi connectivity index (χ0v) is 13.2. The van der Waals surface area contributed by atoms with Crippen molar-refractivity contribution in [1.29, 1.82) is 0 Å². The summed E-state index contributed by atoms with van der Waals surface area (Å²) in [6.07, 6.45) is 2.60. The van der Waals surface area contributed by atoms with E-state index in [4.69, 9.17) is 5.73 Å². The Balaban J connectivity index is 0.00000200. The molecule has 0 saturated carbocycles. The summed E-state index contributed by atoms with van der Waals surface area (Å²) in [5, 5.41) is 0. The molecule has 1 atom stereocenters. The molecule has 0 bridgehead atoms. The van der Waals surface area contributed by atoms with Gasteiger partial charge in [0.15, 0.2) is 0 Å². The third kappa shape index (κ3) is 4.22. The van der Waals surface area contributed by atoms with Crippen LogP contribution in [0.5, 0.6) is 0 Å². The summed E-state index contributed by atoms with van der Waals surface area (Å²) >= 11 is 0. The maximum atomic E-state index is 12.0. The number of nitrogens with zero attached hydrogens (tertiary/aromatic N) is 1. The Morgan fingerprint density at radius 2 is 1.95 bits per heavy atom. The van der Waals surface area contributed by atoms with Crippen molar-refractivity contribution >= 4 is 18.3 Å². The second-order valence-electron chi connectivity index (χ2n) is 5.69. The van der Waals surface area contributed by atoms with E-state index in [1.807, 2.05) is 11.8 Å². The average molecular weight is 297 g/mol. The van der Waals surface area contributed by atoms with Crippen molar-refractivity contribution in [2.24, 2.45) is 5.73 Å². The normalized spacial score (nSPS) is 17.4. The van der Waals surface area contributed by atoms with Crippen LogP contribution >= 0.6 is 12.4 Å². The van der Waals surface area contributed by atoms with E-state index in [2.05, 4.69) is 31.2 Å². The van der Waals surface area contributed by atoms with Gasteiger partial charge < -0.3 is 10.6 Å². The lowest BCUT2D eigenvalue weighted by molar-refractivity contribution is -0.132. The molecule has 4 heteroatoms. The first kappa shape index (κ1) is 17.0. The van der Waals surface area contributed by atoms with Crippen molar-refractivity contribution in [3.05, 3.63) is 35.4 Å². The molecule has 1 amide bonds. The monoisotopic (exact) mass is 296 g/mol. The standard InChI is InChI=1S/C16H24N2O.ClH/c1-12-5-3-4-6-15(12)14-7-9-18(10-8-14)16(19)11-13(2)17;/h3-6,13-14H,7-11,17H2,1-2H3;1H. The molecule has 0 radical (unpaired) electrons. The van der Waals surface area contributed by atoms with E-state index >= 15 is 0 Å². The molecular formula is C16H25ClN2O. The van der Waals surface area contributed by atoms with Crippen LogP contribution in [0.25, 0.3) is 0 Å². The second kappa shape index (κ2) is 7.65. The van der Waals surface area contributed by atoms with Crippen LogP contribution < -0.4 is 5.73 Å². The molecule has 1 fully saturated rings. The van der Waals surface area contributed by atoms with Gasteiger partial charge in [0.25, 0.3) is 0 Å². The number of halogens is 1. The number of hydrogen-bond acceptors (Lipinski definition) is 2. The number of amides is 1. The topological polar surface area (TPSA) is 46.3 Å². The molecule has 2 rings (SSSR count). The number of rotatable bonds is 3. The van der Waals surface area contributed by atoms with Crippen molar-refractivity contribution in [2.45, 2.75) is 45.1 Å². The molecule has 1 unspecified atom stereocenters.